The van der Waals surface area contributed by atoms with Crippen LogP contribution in [0.2, 0.25) is 0 Å². The molecule has 9 rings (SSSR count). The lowest BCUT2D eigenvalue weighted by molar-refractivity contribution is -0.134. The van der Waals surface area contributed by atoms with Gasteiger partial charge in [0.25, 0.3) is 18.8 Å². The molecule has 65 heavy (non-hydrogen) atoms. The minimum Gasteiger partial charge on any atom is -0.369 e. The molecular formula is C44H48F5N11O5. The minimum absolute atomic E-state index is 0.0123. The van der Waals surface area contributed by atoms with Crippen LogP contribution in [0.25, 0.3) is 16.6 Å². The summed E-state index contributed by atoms with van der Waals surface area (Å²) in [4.78, 5) is 46.0. The van der Waals surface area contributed by atoms with Gasteiger partial charge in [0.1, 0.15) is 30.3 Å². The molecule has 0 radical (unpaired) electrons. The lowest BCUT2D eigenvalue weighted by atomic mass is 9.85. The maximum Gasteiger partial charge on any atom is 0.284 e. The van der Waals surface area contributed by atoms with Gasteiger partial charge >= 0.3 is 0 Å². The molecule has 3 amide bonds. The fourth-order valence-corrected chi connectivity index (χ4v) is 9.49. The molecule has 1 unspecified atom stereocenters. The summed E-state index contributed by atoms with van der Waals surface area (Å²) in [7, 11) is 1.78. The molecule has 4 fully saturated rings. The van der Waals surface area contributed by atoms with Gasteiger partial charge in [0, 0.05) is 57.4 Å². The summed E-state index contributed by atoms with van der Waals surface area (Å²) < 4.78 is 86.3. The second-order valence-electron chi connectivity index (χ2n) is 17.1. The number of likely N-dealkylation sites (tertiary alicyclic amines) is 1. The first kappa shape index (κ1) is 44.2. The van der Waals surface area contributed by atoms with Gasteiger partial charge in [-0.3, -0.25) is 34.0 Å². The predicted octanol–water partition coefficient (Wildman–Crippen LogP) is 5.20. The highest BCUT2D eigenvalue weighted by Crippen LogP contribution is 2.36. The number of rotatable bonds is 11. The largest absolute Gasteiger partial charge is 0.369 e. The molecule has 1 aromatic carbocycles. The molecule has 1 saturated carbocycles. The summed E-state index contributed by atoms with van der Waals surface area (Å²) >= 11 is 0. The summed E-state index contributed by atoms with van der Waals surface area (Å²) in [5, 5.41) is 18.7. The Bertz CT molecular complexity index is 2630. The number of para-hydroxylation sites is 1. The molecule has 4 aliphatic rings. The predicted molar refractivity (Wildman–Crippen MR) is 225 cm³/mol. The molecule has 344 valence electrons. The second kappa shape index (κ2) is 18.9. The zero-order valence-corrected chi connectivity index (χ0v) is 35.5. The standard InChI is InChI=1S/C44H48F5N11O5/c1-56-39-26(4-2-6-28(39)37(54-56)29-11-12-36(61)53-43(29)62)5-3-18-64-33-13-15-57(22-31(33)45)21-25-7-9-27(10-8-25)60-23-32(38(55-60)41(48)49)51-44(63)30-20-50-59-16-14-35(52-42(30)59)58-17-19-65-34(24-58)40(46)47/h2,4,6,14,16,20,23,25,27,29,31,33-34,40-41H,7-13,15,17-19,21-22,24H2,1H3,(H,51,63)(H,53,61,62)/t25?,27?,29?,31-,33+,34+/m1/s1. The van der Waals surface area contributed by atoms with E-state index in [1.54, 1.807) is 28.9 Å². The molecule has 3 aliphatic heterocycles. The van der Waals surface area contributed by atoms with Gasteiger partial charge < -0.3 is 19.7 Å². The maximum atomic E-state index is 15.5. The van der Waals surface area contributed by atoms with Crippen molar-refractivity contribution in [1.29, 1.82) is 0 Å². The number of morpholine rings is 1. The highest BCUT2D eigenvalue weighted by Gasteiger charge is 2.35. The number of aromatic nitrogens is 7. The van der Waals surface area contributed by atoms with Crippen molar-refractivity contribution in [2.75, 3.05) is 56.2 Å². The molecule has 0 spiro atoms. The Kier molecular flexibility index (Phi) is 12.8. The highest BCUT2D eigenvalue weighted by atomic mass is 19.3. The van der Waals surface area contributed by atoms with Crippen LogP contribution in [0.15, 0.2) is 42.9 Å². The third-order valence-electron chi connectivity index (χ3n) is 12.8. The van der Waals surface area contributed by atoms with Crippen molar-refractivity contribution in [3.8, 4) is 11.8 Å². The number of benzene rings is 1. The van der Waals surface area contributed by atoms with Crippen molar-refractivity contribution in [3.05, 3.63) is 65.4 Å². The molecule has 3 saturated heterocycles. The third kappa shape index (κ3) is 9.42. The number of carbonyl (C=O) groups excluding carboxylic acids is 3. The van der Waals surface area contributed by atoms with Crippen LogP contribution >= 0.6 is 0 Å². The molecule has 21 heteroatoms. The molecule has 2 N–H and O–H groups in total. The highest BCUT2D eigenvalue weighted by molar-refractivity contribution is 6.08. The number of nitrogens with zero attached hydrogens (tertiary/aromatic N) is 9. The Morgan fingerprint density at radius 3 is 2.65 bits per heavy atom. The average molecular weight is 906 g/mol. The number of piperidine rings is 2. The van der Waals surface area contributed by atoms with E-state index in [2.05, 4.69) is 47.7 Å². The number of ether oxygens (including phenoxy) is 2. The van der Waals surface area contributed by atoms with Gasteiger partial charge in [-0.2, -0.15) is 15.3 Å². The fraction of sp³-hybridized carbons (Fsp3) is 0.523. The van der Waals surface area contributed by atoms with Crippen LogP contribution in [0.4, 0.5) is 33.5 Å². The Hall–Kier alpha value is -5.98. The van der Waals surface area contributed by atoms with Gasteiger partial charge in [0.2, 0.25) is 11.8 Å². The summed E-state index contributed by atoms with van der Waals surface area (Å²) in [6.07, 6.45) is -0.426. The first-order valence-corrected chi connectivity index (χ1v) is 21.8. The number of carbonyl (C=O) groups is 3. The fourth-order valence-electron chi connectivity index (χ4n) is 9.49. The normalized spacial score (nSPS) is 24.5. The number of amides is 3. The van der Waals surface area contributed by atoms with Crippen LogP contribution in [0, 0.1) is 17.8 Å². The molecule has 16 nitrogen and oxygen atoms in total. The Balaban J connectivity index is 0.757. The lowest BCUT2D eigenvalue weighted by Crippen LogP contribution is -2.47. The number of aryl methyl sites for hydroxylation is 1. The third-order valence-corrected chi connectivity index (χ3v) is 12.8. The van der Waals surface area contributed by atoms with Gasteiger partial charge in [-0.1, -0.05) is 24.0 Å². The van der Waals surface area contributed by atoms with Crippen LogP contribution < -0.4 is 15.5 Å². The smallest absolute Gasteiger partial charge is 0.284 e. The van der Waals surface area contributed by atoms with Gasteiger partial charge in [0.15, 0.2) is 11.3 Å². The van der Waals surface area contributed by atoms with Gasteiger partial charge in [-0.05, 0) is 56.6 Å². The molecule has 0 bridgehead atoms. The number of halogens is 5. The summed E-state index contributed by atoms with van der Waals surface area (Å²) in [5.41, 5.74) is 1.51. The number of fused-ring (bicyclic) bond motifs is 2. The van der Waals surface area contributed by atoms with Gasteiger partial charge in [0.05, 0.1) is 59.9 Å². The topological polar surface area (TPSA) is 166 Å². The van der Waals surface area contributed by atoms with E-state index in [9.17, 15) is 31.9 Å². The lowest BCUT2D eigenvalue weighted by Gasteiger charge is -2.38. The van der Waals surface area contributed by atoms with E-state index in [1.165, 1.54) is 21.6 Å². The van der Waals surface area contributed by atoms with Crippen LogP contribution in [-0.4, -0.2) is 128 Å². The SMILES string of the molecule is Cn1nc(C2CCC(=O)NC2=O)c2cccc(C#CCO[C@H]3CCN(CC4CCC(n5cc(NC(=O)c6cnn7ccc(N8CCO[C@H](C(F)F)C8)nc67)c(C(F)F)n5)CC4)C[C@H]3F)c21. The van der Waals surface area contributed by atoms with Crippen molar-refractivity contribution in [2.45, 2.75) is 88.1 Å². The quantitative estimate of drug-likeness (QED) is 0.102. The number of imide groups is 1. The van der Waals surface area contributed by atoms with Crippen molar-refractivity contribution < 1.29 is 45.8 Å². The van der Waals surface area contributed by atoms with Crippen LogP contribution in [-0.2, 0) is 26.1 Å². The molecule has 4 atom stereocenters. The molecule has 1 aliphatic carbocycles. The Labute approximate surface area is 369 Å². The zero-order valence-electron chi connectivity index (χ0n) is 35.5. The van der Waals surface area contributed by atoms with E-state index < -0.39 is 48.7 Å². The number of nitrogens with one attached hydrogen (secondary N) is 2. The van der Waals surface area contributed by atoms with Crippen molar-refractivity contribution in [2.24, 2.45) is 13.0 Å². The van der Waals surface area contributed by atoms with Crippen LogP contribution in [0.3, 0.4) is 0 Å². The van der Waals surface area contributed by atoms with Gasteiger partial charge in [-0.15, -0.1) is 0 Å². The van der Waals surface area contributed by atoms with E-state index in [-0.39, 0.29) is 73.4 Å². The summed E-state index contributed by atoms with van der Waals surface area (Å²) in [6, 6.07) is 7.00. The molecular weight excluding hydrogens is 858 g/mol. The van der Waals surface area contributed by atoms with E-state index >= 15 is 4.39 Å². The number of anilines is 2. The summed E-state index contributed by atoms with van der Waals surface area (Å²) in [5.74, 6) is 4.88. The van der Waals surface area contributed by atoms with Crippen LogP contribution in [0.1, 0.15) is 90.6 Å². The minimum atomic E-state index is -2.96. The van der Waals surface area contributed by atoms with Crippen molar-refractivity contribution in [3.63, 3.8) is 0 Å². The summed E-state index contributed by atoms with van der Waals surface area (Å²) in [6.45, 7) is 1.94. The molecule has 5 aromatic rings. The zero-order chi connectivity index (χ0) is 45.4. The maximum absolute atomic E-state index is 15.5. The number of hydrogen-bond donors (Lipinski definition) is 2. The van der Waals surface area contributed by atoms with E-state index in [1.807, 2.05) is 18.2 Å². The molecule has 7 heterocycles. The second-order valence-corrected chi connectivity index (χ2v) is 17.1. The molecule has 4 aromatic heterocycles. The average Bonchev–Trinajstić information content (AvgIpc) is 4.01. The Morgan fingerprint density at radius 1 is 1.05 bits per heavy atom. The van der Waals surface area contributed by atoms with Crippen LogP contribution in [0.5, 0.6) is 0 Å². The number of hydrogen-bond acceptors (Lipinski definition) is 11. The van der Waals surface area contributed by atoms with Gasteiger partial charge in [-0.25, -0.2) is 31.5 Å². The monoisotopic (exact) mass is 905 g/mol. The van der Waals surface area contributed by atoms with E-state index in [0.717, 1.165) is 23.7 Å². The van der Waals surface area contributed by atoms with E-state index in [0.29, 0.717) is 62.4 Å². The van der Waals surface area contributed by atoms with Crippen molar-refractivity contribution in [1.82, 2.24) is 44.4 Å². The van der Waals surface area contributed by atoms with Crippen molar-refractivity contribution >= 4 is 45.8 Å². The number of alkyl halides is 5. The first-order valence-electron chi connectivity index (χ1n) is 21.8. The Morgan fingerprint density at radius 2 is 1.88 bits per heavy atom. The first-order chi connectivity index (χ1) is 31.4. The van der Waals surface area contributed by atoms with E-state index in [4.69, 9.17) is 9.47 Å².